The van der Waals surface area contributed by atoms with Crippen LogP contribution in [0, 0.1) is 0 Å². The number of oxazole rings is 1. The van der Waals surface area contributed by atoms with Crippen LogP contribution < -0.4 is 0 Å². The first-order valence-electron chi connectivity index (χ1n) is 5.71. The van der Waals surface area contributed by atoms with Gasteiger partial charge in [-0.1, -0.05) is 40.5 Å². The van der Waals surface area contributed by atoms with Crippen LogP contribution in [-0.2, 0) is 0 Å². The monoisotopic (exact) mass is 306 g/mol. The van der Waals surface area contributed by atoms with Crippen molar-refractivity contribution >= 4 is 40.5 Å². The third-order valence-electron chi connectivity index (χ3n) is 2.77. The third kappa shape index (κ3) is 2.35. The zero-order valence-electron chi connectivity index (χ0n) is 10.0. The van der Waals surface area contributed by atoms with Gasteiger partial charge in [0.25, 0.3) is 0 Å². The van der Waals surface area contributed by atoms with Crippen molar-refractivity contribution in [3.05, 3.63) is 52.0 Å². The Labute approximate surface area is 124 Å². The van der Waals surface area contributed by atoms with E-state index < -0.39 is 0 Å². The van der Waals surface area contributed by atoms with E-state index in [-0.39, 0.29) is 0 Å². The fourth-order valence-electron chi connectivity index (χ4n) is 1.86. The number of nitrogens with zero attached hydrogens (tertiary/aromatic N) is 2. The maximum Gasteiger partial charge on any atom is 0.227 e. The van der Waals surface area contributed by atoms with Crippen LogP contribution in [0.1, 0.15) is 5.56 Å². The van der Waals surface area contributed by atoms with Gasteiger partial charge < -0.3 is 9.62 Å². The molecule has 2 aromatic carbocycles. The van der Waals surface area contributed by atoms with Gasteiger partial charge in [-0.05, 0) is 29.8 Å². The average Bonchev–Trinajstić information content (AvgIpc) is 2.84. The summed E-state index contributed by atoms with van der Waals surface area (Å²) in [4.78, 5) is 4.36. The Balaban J connectivity index is 2.08. The summed E-state index contributed by atoms with van der Waals surface area (Å²) in [6.07, 6.45) is 1.34. The lowest BCUT2D eigenvalue weighted by atomic mass is 10.1. The van der Waals surface area contributed by atoms with Crippen molar-refractivity contribution in [1.82, 2.24) is 4.98 Å². The zero-order chi connectivity index (χ0) is 14.1. The molecule has 0 radical (unpaired) electrons. The molecule has 0 aliphatic carbocycles. The summed E-state index contributed by atoms with van der Waals surface area (Å²) < 4.78 is 5.65. The number of benzene rings is 2. The van der Waals surface area contributed by atoms with Gasteiger partial charge in [-0.3, -0.25) is 0 Å². The summed E-state index contributed by atoms with van der Waals surface area (Å²) in [5.41, 5.74) is 2.68. The van der Waals surface area contributed by atoms with E-state index in [9.17, 15) is 0 Å². The largest absolute Gasteiger partial charge is 0.435 e. The summed E-state index contributed by atoms with van der Waals surface area (Å²) >= 11 is 12.0. The van der Waals surface area contributed by atoms with Gasteiger partial charge in [-0.2, -0.15) is 0 Å². The highest BCUT2D eigenvalue weighted by molar-refractivity contribution is 6.38. The number of rotatable bonds is 2. The first-order valence-corrected chi connectivity index (χ1v) is 6.46. The second-order valence-corrected chi connectivity index (χ2v) is 4.97. The topological polar surface area (TPSA) is 58.6 Å². The van der Waals surface area contributed by atoms with Crippen molar-refractivity contribution < 1.29 is 9.62 Å². The molecule has 0 unspecified atom stereocenters. The lowest BCUT2D eigenvalue weighted by Crippen LogP contribution is -1.82. The maximum absolute atomic E-state index is 8.47. The molecule has 0 fully saturated rings. The SMILES string of the molecule is O/N=C\c1ccc(-c2nc3cc(Cl)cc(Cl)c3o2)cc1. The second-order valence-electron chi connectivity index (χ2n) is 4.12. The molecule has 4 nitrogen and oxygen atoms in total. The van der Waals surface area contributed by atoms with Gasteiger partial charge in [0.1, 0.15) is 5.52 Å². The molecule has 0 spiro atoms. The number of fused-ring (bicyclic) bond motifs is 1. The van der Waals surface area contributed by atoms with Crippen molar-refractivity contribution in [3.63, 3.8) is 0 Å². The van der Waals surface area contributed by atoms with Gasteiger partial charge in [0.15, 0.2) is 5.58 Å². The highest BCUT2D eigenvalue weighted by atomic mass is 35.5. The molecule has 0 saturated carbocycles. The molecule has 0 amide bonds. The zero-order valence-corrected chi connectivity index (χ0v) is 11.6. The summed E-state index contributed by atoms with van der Waals surface area (Å²) in [7, 11) is 0. The quantitative estimate of drug-likeness (QED) is 0.427. The Morgan fingerprint density at radius 2 is 1.90 bits per heavy atom. The van der Waals surface area contributed by atoms with E-state index in [0.717, 1.165) is 11.1 Å². The maximum atomic E-state index is 8.47. The summed E-state index contributed by atoms with van der Waals surface area (Å²) in [5.74, 6) is 0.455. The van der Waals surface area contributed by atoms with Crippen LogP contribution in [0.2, 0.25) is 10.0 Å². The van der Waals surface area contributed by atoms with Crippen LogP contribution in [0.5, 0.6) is 0 Å². The number of aromatic nitrogens is 1. The van der Waals surface area contributed by atoms with E-state index in [4.69, 9.17) is 32.8 Å². The average molecular weight is 307 g/mol. The number of halogens is 2. The van der Waals surface area contributed by atoms with Crippen LogP contribution >= 0.6 is 23.2 Å². The lowest BCUT2D eigenvalue weighted by molar-refractivity contribution is 0.322. The first-order chi connectivity index (χ1) is 9.67. The first kappa shape index (κ1) is 13.0. The Hall–Kier alpha value is -2.04. The Kier molecular flexibility index (Phi) is 3.34. The molecule has 0 atom stereocenters. The molecule has 100 valence electrons. The standard InChI is InChI=1S/C14H8Cl2N2O2/c15-10-5-11(16)13-12(6-10)18-14(20-13)9-3-1-8(2-4-9)7-17-19/h1-7,19H/b17-7-. The van der Waals surface area contributed by atoms with Crippen LogP contribution in [0.3, 0.4) is 0 Å². The van der Waals surface area contributed by atoms with Crippen LogP contribution in [-0.4, -0.2) is 16.4 Å². The van der Waals surface area contributed by atoms with E-state index in [1.54, 1.807) is 24.3 Å². The van der Waals surface area contributed by atoms with E-state index >= 15 is 0 Å². The van der Waals surface area contributed by atoms with E-state index in [0.29, 0.717) is 27.0 Å². The molecule has 1 aromatic heterocycles. The normalized spacial score (nSPS) is 11.5. The molecule has 0 bridgehead atoms. The third-order valence-corrected chi connectivity index (χ3v) is 3.27. The minimum Gasteiger partial charge on any atom is -0.435 e. The highest BCUT2D eigenvalue weighted by Crippen LogP contribution is 2.31. The van der Waals surface area contributed by atoms with Crippen molar-refractivity contribution in [2.75, 3.05) is 0 Å². The fraction of sp³-hybridized carbons (Fsp3) is 0. The molecule has 3 aromatic rings. The van der Waals surface area contributed by atoms with Crippen molar-refractivity contribution in [2.45, 2.75) is 0 Å². The molecule has 0 saturated heterocycles. The van der Waals surface area contributed by atoms with Gasteiger partial charge in [0.2, 0.25) is 5.89 Å². The molecule has 6 heteroatoms. The minimum absolute atomic E-state index is 0.426. The van der Waals surface area contributed by atoms with Crippen molar-refractivity contribution in [2.24, 2.45) is 5.16 Å². The predicted octanol–water partition coefficient (Wildman–Crippen LogP) is 4.61. The number of hydrogen-bond acceptors (Lipinski definition) is 4. The van der Waals surface area contributed by atoms with Gasteiger partial charge >= 0.3 is 0 Å². The van der Waals surface area contributed by atoms with E-state index in [1.807, 2.05) is 12.1 Å². The van der Waals surface area contributed by atoms with Gasteiger partial charge in [-0.15, -0.1) is 0 Å². The van der Waals surface area contributed by atoms with Gasteiger partial charge in [0, 0.05) is 10.6 Å². The molecule has 1 heterocycles. The summed E-state index contributed by atoms with van der Waals surface area (Å²) in [6, 6.07) is 10.5. The smallest absolute Gasteiger partial charge is 0.227 e. The van der Waals surface area contributed by atoms with Gasteiger partial charge in [-0.25, -0.2) is 4.98 Å². The summed E-state index contributed by atoms with van der Waals surface area (Å²) in [6.45, 7) is 0. The fourth-order valence-corrected chi connectivity index (χ4v) is 2.38. The van der Waals surface area contributed by atoms with Crippen LogP contribution in [0.15, 0.2) is 46.0 Å². The summed E-state index contributed by atoms with van der Waals surface area (Å²) in [5, 5.41) is 12.4. The van der Waals surface area contributed by atoms with E-state index in [1.165, 1.54) is 6.21 Å². The van der Waals surface area contributed by atoms with Crippen LogP contribution in [0.4, 0.5) is 0 Å². The Morgan fingerprint density at radius 1 is 1.15 bits per heavy atom. The molecule has 1 N–H and O–H groups in total. The molecule has 20 heavy (non-hydrogen) atoms. The Morgan fingerprint density at radius 3 is 2.60 bits per heavy atom. The molecular weight excluding hydrogens is 299 g/mol. The number of hydrogen-bond donors (Lipinski definition) is 1. The predicted molar refractivity (Wildman–Crippen MR) is 78.8 cm³/mol. The Bertz CT molecular complexity index is 795. The van der Waals surface area contributed by atoms with Crippen molar-refractivity contribution in [1.29, 1.82) is 0 Å². The number of oxime groups is 1. The lowest BCUT2D eigenvalue weighted by Gasteiger charge is -1.95. The van der Waals surface area contributed by atoms with E-state index in [2.05, 4.69) is 10.1 Å². The van der Waals surface area contributed by atoms with Gasteiger partial charge in [0.05, 0.1) is 11.2 Å². The minimum atomic E-state index is 0.426. The highest BCUT2D eigenvalue weighted by Gasteiger charge is 2.12. The molecule has 0 aliphatic rings. The van der Waals surface area contributed by atoms with Crippen molar-refractivity contribution in [3.8, 4) is 11.5 Å². The second kappa shape index (κ2) is 5.15. The molecule has 3 rings (SSSR count). The van der Waals surface area contributed by atoms with Crippen LogP contribution in [0.25, 0.3) is 22.6 Å². The molecular formula is C14H8Cl2N2O2. The molecule has 0 aliphatic heterocycles.